The number of rotatable bonds is 5. The molecule has 0 bridgehead atoms. The predicted molar refractivity (Wildman–Crippen MR) is 107 cm³/mol. The number of carbonyl (C=O) groups is 1. The molecule has 1 amide bonds. The Bertz CT molecular complexity index is 890. The van der Waals surface area contributed by atoms with Gasteiger partial charge in [-0.25, -0.2) is 8.42 Å². The van der Waals surface area contributed by atoms with E-state index in [-0.39, 0.29) is 23.3 Å². The van der Waals surface area contributed by atoms with E-state index in [0.29, 0.717) is 13.0 Å². The molecular weight excluding hydrogens is 360 g/mol. The first-order valence-corrected chi connectivity index (χ1v) is 10.8. The summed E-state index contributed by atoms with van der Waals surface area (Å²) < 4.78 is 27.5. The first-order valence-electron chi connectivity index (χ1n) is 9.31. The van der Waals surface area contributed by atoms with Gasteiger partial charge in [-0.05, 0) is 62.1 Å². The molecule has 2 aromatic rings. The van der Waals surface area contributed by atoms with Crippen molar-refractivity contribution in [3.05, 3.63) is 59.7 Å². The predicted octanol–water partition coefficient (Wildman–Crippen LogP) is 3.88. The number of amides is 1. The summed E-state index contributed by atoms with van der Waals surface area (Å²) in [5.41, 5.74) is 2.92. The van der Waals surface area contributed by atoms with Crippen LogP contribution in [0, 0.1) is 13.8 Å². The number of carbonyl (C=O) groups excluding carboxylic acids is 1. The van der Waals surface area contributed by atoms with Crippen molar-refractivity contribution < 1.29 is 13.2 Å². The second kappa shape index (κ2) is 8.23. The van der Waals surface area contributed by atoms with Gasteiger partial charge in [0.1, 0.15) is 0 Å². The van der Waals surface area contributed by atoms with E-state index in [2.05, 4.69) is 5.32 Å². The molecule has 1 aliphatic rings. The van der Waals surface area contributed by atoms with E-state index < -0.39 is 10.0 Å². The Morgan fingerprint density at radius 3 is 2.41 bits per heavy atom. The highest BCUT2D eigenvalue weighted by Gasteiger charge is 2.34. The Hall–Kier alpha value is -2.18. The van der Waals surface area contributed by atoms with Crippen LogP contribution < -0.4 is 5.32 Å². The van der Waals surface area contributed by atoms with Crippen molar-refractivity contribution in [2.75, 3.05) is 11.9 Å². The molecule has 1 heterocycles. The van der Waals surface area contributed by atoms with Crippen LogP contribution in [0.3, 0.4) is 0 Å². The van der Waals surface area contributed by atoms with Gasteiger partial charge in [0.15, 0.2) is 0 Å². The lowest BCUT2D eigenvalue weighted by molar-refractivity contribution is -0.117. The van der Waals surface area contributed by atoms with Crippen LogP contribution in [-0.4, -0.2) is 31.2 Å². The number of nitrogens with one attached hydrogen (secondary N) is 1. The molecule has 0 saturated carbocycles. The number of nitrogens with zero attached hydrogens (tertiary/aromatic N) is 1. The fourth-order valence-corrected chi connectivity index (χ4v) is 5.41. The Balaban J connectivity index is 1.75. The molecule has 144 valence electrons. The smallest absolute Gasteiger partial charge is 0.243 e. The number of piperidine rings is 1. The minimum absolute atomic E-state index is 0.153. The molecular formula is C21H26N2O3S. The molecule has 6 heteroatoms. The van der Waals surface area contributed by atoms with Crippen LogP contribution in [0.1, 0.15) is 36.8 Å². The first kappa shape index (κ1) is 19.6. The van der Waals surface area contributed by atoms with Crippen LogP contribution in [0.4, 0.5) is 5.69 Å². The second-order valence-electron chi connectivity index (χ2n) is 7.21. The van der Waals surface area contributed by atoms with Gasteiger partial charge in [-0.3, -0.25) is 4.79 Å². The van der Waals surface area contributed by atoms with E-state index >= 15 is 0 Å². The van der Waals surface area contributed by atoms with E-state index in [1.807, 2.05) is 32.0 Å². The molecule has 27 heavy (non-hydrogen) atoms. The van der Waals surface area contributed by atoms with E-state index in [4.69, 9.17) is 0 Å². The average Bonchev–Trinajstić information content (AvgIpc) is 2.62. The summed E-state index contributed by atoms with van der Waals surface area (Å²) in [6.07, 6.45) is 2.62. The molecule has 1 N–H and O–H groups in total. The summed E-state index contributed by atoms with van der Waals surface area (Å²) in [5, 5.41) is 2.92. The summed E-state index contributed by atoms with van der Waals surface area (Å²) in [7, 11) is -3.59. The molecule has 1 saturated heterocycles. The lowest BCUT2D eigenvalue weighted by atomic mass is 10.0. The molecule has 2 aromatic carbocycles. The molecule has 1 fully saturated rings. The third-order valence-corrected chi connectivity index (χ3v) is 6.82. The van der Waals surface area contributed by atoms with Gasteiger partial charge in [0.2, 0.25) is 15.9 Å². The van der Waals surface area contributed by atoms with Gasteiger partial charge in [-0.2, -0.15) is 4.31 Å². The summed E-state index contributed by atoms with van der Waals surface area (Å²) in [6.45, 7) is 4.43. The largest absolute Gasteiger partial charge is 0.326 e. The van der Waals surface area contributed by atoms with E-state index in [0.717, 1.165) is 29.7 Å². The maximum atomic E-state index is 13.0. The lowest BCUT2D eigenvalue weighted by Crippen LogP contribution is -2.45. The molecule has 0 aliphatic carbocycles. The zero-order valence-electron chi connectivity index (χ0n) is 15.8. The zero-order chi connectivity index (χ0) is 19.4. The molecule has 1 unspecified atom stereocenters. The van der Waals surface area contributed by atoms with Gasteiger partial charge in [0, 0.05) is 24.7 Å². The normalized spacial score (nSPS) is 18.2. The SMILES string of the molecule is Cc1cc(C)cc(NC(=O)CC2CCCCN2S(=O)(=O)c2ccccc2)c1. The molecule has 0 aromatic heterocycles. The summed E-state index contributed by atoms with van der Waals surface area (Å²) in [6, 6.07) is 14.0. The van der Waals surface area contributed by atoms with Crippen LogP contribution in [0.15, 0.2) is 53.4 Å². The van der Waals surface area contributed by atoms with Gasteiger partial charge in [0.05, 0.1) is 4.90 Å². The first-order chi connectivity index (χ1) is 12.9. The molecule has 0 radical (unpaired) electrons. The van der Waals surface area contributed by atoms with Crippen LogP contribution in [0.2, 0.25) is 0 Å². The van der Waals surface area contributed by atoms with E-state index in [1.54, 1.807) is 30.3 Å². The third-order valence-electron chi connectivity index (χ3n) is 4.85. The number of anilines is 1. The molecule has 5 nitrogen and oxygen atoms in total. The highest BCUT2D eigenvalue weighted by atomic mass is 32.2. The highest BCUT2D eigenvalue weighted by molar-refractivity contribution is 7.89. The van der Waals surface area contributed by atoms with Crippen molar-refractivity contribution in [1.82, 2.24) is 4.31 Å². The van der Waals surface area contributed by atoms with Crippen LogP contribution in [-0.2, 0) is 14.8 Å². The van der Waals surface area contributed by atoms with E-state index in [1.165, 1.54) is 4.31 Å². The standard InChI is InChI=1S/C21H26N2O3S/c1-16-12-17(2)14-18(13-16)22-21(24)15-19-8-6-7-11-23(19)27(25,26)20-9-4-3-5-10-20/h3-5,9-10,12-14,19H,6-8,11,15H2,1-2H3,(H,22,24). The Kier molecular flexibility index (Phi) is 5.97. The number of sulfonamides is 1. The van der Waals surface area contributed by atoms with Gasteiger partial charge >= 0.3 is 0 Å². The van der Waals surface area contributed by atoms with Gasteiger partial charge in [-0.15, -0.1) is 0 Å². The van der Waals surface area contributed by atoms with Crippen molar-refractivity contribution in [1.29, 1.82) is 0 Å². The maximum absolute atomic E-state index is 13.0. The lowest BCUT2D eigenvalue weighted by Gasteiger charge is -2.34. The quantitative estimate of drug-likeness (QED) is 0.848. The Labute approximate surface area is 161 Å². The van der Waals surface area contributed by atoms with Crippen molar-refractivity contribution in [3.8, 4) is 0 Å². The second-order valence-corrected chi connectivity index (χ2v) is 9.10. The van der Waals surface area contributed by atoms with Gasteiger partial charge < -0.3 is 5.32 Å². The number of hydrogen-bond donors (Lipinski definition) is 1. The van der Waals surface area contributed by atoms with Gasteiger partial charge in [-0.1, -0.05) is 30.7 Å². The Morgan fingerprint density at radius 1 is 1.07 bits per heavy atom. The number of hydrogen-bond acceptors (Lipinski definition) is 3. The Morgan fingerprint density at radius 2 is 1.74 bits per heavy atom. The fraction of sp³-hybridized carbons (Fsp3) is 0.381. The zero-order valence-corrected chi connectivity index (χ0v) is 16.6. The van der Waals surface area contributed by atoms with Crippen LogP contribution in [0.25, 0.3) is 0 Å². The molecule has 0 spiro atoms. The number of aryl methyl sites for hydroxylation is 2. The number of benzene rings is 2. The average molecular weight is 387 g/mol. The topological polar surface area (TPSA) is 66.5 Å². The van der Waals surface area contributed by atoms with Crippen molar-refractivity contribution in [3.63, 3.8) is 0 Å². The molecule has 1 atom stereocenters. The summed E-state index contributed by atoms with van der Waals surface area (Å²) in [4.78, 5) is 12.9. The van der Waals surface area contributed by atoms with E-state index in [9.17, 15) is 13.2 Å². The van der Waals surface area contributed by atoms with Crippen molar-refractivity contribution >= 4 is 21.6 Å². The maximum Gasteiger partial charge on any atom is 0.243 e. The molecule has 1 aliphatic heterocycles. The van der Waals surface area contributed by atoms with Crippen molar-refractivity contribution in [2.24, 2.45) is 0 Å². The van der Waals surface area contributed by atoms with Gasteiger partial charge in [0.25, 0.3) is 0 Å². The summed E-state index contributed by atoms with van der Waals surface area (Å²) >= 11 is 0. The van der Waals surface area contributed by atoms with Crippen LogP contribution >= 0.6 is 0 Å². The van der Waals surface area contributed by atoms with Crippen molar-refractivity contribution in [2.45, 2.75) is 50.5 Å². The fourth-order valence-electron chi connectivity index (χ4n) is 3.70. The minimum Gasteiger partial charge on any atom is -0.326 e. The third kappa shape index (κ3) is 4.76. The summed E-state index contributed by atoms with van der Waals surface area (Å²) in [5.74, 6) is -0.153. The minimum atomic E-state index is -3.59. The highest BCUT2D eigenvalue weighted by Crippen LogP contribution is 2.27. The van der Waals surface area contributed by atoms with Crippen LogP contribution in [0.5, 0.6) is 0 Å². The molecule has 3 rings (SSSR count). The monoisotopic (exact) mass is 386 g/mol.